The zero-order valence-corrected chi connectivity index (χ0v) is 25.4. The van der Waals surface area contributed by atoms with Crippen LogP contribution in [0.1, 0.15) is 0 Å². The molecule has 0 N–H and O–H groups in total. The van der Waals surface area contributed by atoms with Crippen LogP contribution in [-0.2, 0) is 0 Å². The smallest absolute Gasteiger partial charge is 0.159 e. The Labute approximate surface area is 274 Å². The molecule has 6 heteroatoms. The van der Waals surface area contributed by atoms with Gasteiger partial charge in [0.2, 0.25) is 0 Å². The number of hydrogen-bond acceptors (Lipinski definition) is 6. The molecule has 2 aliphatic rings. The van der Waals surface area contributed by atoms with Gasteiger partial charge in [0.1, 0.15) is 11.2 Å². The highest BCUT2D eigenvalue weighted by Crippen LogP contribution is 2.54. The quantitative estimate of drug-likeness (QED) is 0.192. The van der Waals surface area contributed by atoms with E-state index in [2.05, 4.69) is 82.6 Å². The number of furan rings is 2. The summed E-state index contributed by atoms with van der Waals surface area (Å²) in [5.74, 6) is 3.20. The van der Waals surface area contributed by atoms with E-state index in [1.54, 1.807) is 0 Å². The largest absolute Gasteiger partial charge is 0.454 e. The third-order valence-electron chi connectivity index (χ3n) is 9.42. The van der Waals surface area contributed by atoms with E-state index in [1.807, 2.05) is 72.8 Å². The van der Waals surface area contributed by atoms with Gasteiger partial charge >= 0.3 is 0 Å². The van der Waals surface area contributed by atoms with Crippen LogP contribution in [0.2, 0.25) is 0 Å². The number of anilines is 6. The lowest BCUT2D eigenvalue weighted by atomic mass is 10.1. The summed E-state index contributed by atoms with van der Waals surface area (Å²) in [6.07, 6.45) is 0. The first-order valence-electron chi connectivity index (χ1n) is 15.9. The number of benzene rings is 7. The van der Waals surface area contributed by atoms with E-state index in [9.17, 15) is 0 Å². The first-order valence-corrected chi connectivity index (χ1v) is 15.9. The summed E-state index contributed by atoms with van der Waals surface area (Å²) >= 11 is 0. The molecule has 0 saturated carbocycles. The Morgan fingerprint density at radius 1 is 0.312 bits per heavy atom. The fraction of sp³-hybridized carbons (Fsp3) is 0. The van der Waals surface area contributed by atoms with Crippen molar-refractivity contribution in [2.24, 2.45) is 0 Å². The lowest BCUT2D eigenvalue weighted by Crippen LogP contribution is -2.15. The highest BCUT2D eigenvalue weighted by Gasteiger charge is 2.30. The highest BCUT2D eigenvalue weighted by atomic mass is 16.5. The molecule has 0 spiro atoms. The van der Waals surface area contributed by atoms with Crippen LogP contribution in [0.5, 0.6) is 23.0 Å². The van der Waals surface area contributed by atoms with Crippen LogP contribution >= 0.6 is 0 Å². The molecule has 9 aromatic rings. The van der Waals surface area contributed by atoms with Gasteiger partial charge in [-0.25, -0.2) is 0 Å². The number of para-hydroxylation sites is 10. The van der Waals surface area contributed by atoms with E-state index in [0.29, 0.717) is 0 Å². The average Bonchev–Trinajstić information content (AvgIpc) is 3.69. The van der Waals surface area contributed by atoms with E-state index in [-0.39, 0.29) is 0 Å². The van der Waals surface area contributed by atoms with Crippen molar-refractivity contribution in [1.82, 2.24) is 0 Å². The second kappa shape index (κ2) is 9.44. The average molecular weight is 621 g/mol. The maximum atomic E-state index is 6.78. The second-order valence-corrected chi connectivity index (χ2v) is 12.1. The Bertz CT molecular complexity index is 2490. The van der Waals surface area contributed by atoms with Gasteiger partial charge in [-0.15, -0.1) is 0 Å². The molecule has 0 atom stereocenters. The van der Waals surface area contributed by atoms with Crippen LogP contribution in [0, 0.1) is 0 Å². The van der Waals surface area contributed by atoms with Crippen LogP contribution in [-0.4, -0.2) is 0 Å². The van der Waals surface area contributed by atoms with E-state index in [1.165, 1.54) is 0 Å². The number of hydrogen-bond donors (Lipinski definition) is 0. The highest BCUT2D eigenvalue weighted by molar-refractivity contribution is 6.18. The molecular formula is C42H24N2O4. The Hall–Kier alpha value is -6.66. The van der Waals surface area contributed by atoms with Gasteiger partial charge in [-0.05, 0) is 72.8 Å². The number of ether oxygens (including phenoxy) is 2. The lowest BCUT2D eigenvalue weighted by molar-refractivity contribution is 0.476. The molecule has 2 aromatic heterocycles. The van der Waals surface area contributed by atoms with Crippen LogP contribution in [0.4, 0.5) is 34.1 Å². The Kier molecular flexibility index (Phi) is 5.02. The lowest BCUT2D eigenvalue weighted by Gasteiger charge is -2.32. The van der Waals surface area contributed by atoms with E-state index < -0.39 is 0 Å². The first kappa shape index (κ1) is 25.5. The number of rotatable bonds is 2. The third-order valence-corrected chi connectivity index (χ3v) is 9.42. The summed E-state index contributed by atoms with van der Waals surface area (Å²) in [6, 6.07) is 49.3. The molecule has 0 unspecified atom stereocenters. The maximum absolute atomic E-state index is 6.78. The zero-order chi connectivity index (χ0) is 31.3. The number of nitrogens with zero attached hydrogens (tertiary/aromatic N) is 2. The molecule has 0 saturated heterocycles. The normalized spacial score (nSPS) is 13.2. The molecule has 7 aromatic carbocycles. The Morgan fingerprint density at radius 3 is 1.02 bits per heavy atom. The van der Waals surface area contributed by atoms with Crippen molar-refractivity contribution in [3.8, 4) is 23.0 Å². The van der Waals surface area contributed by atoms with Crippen molar-refractivity contribution in [1.29, 1.82) is 0 Å². The predicted molar refractivity (Wildman–Crippen MR) is 191 cm³/mol. The molecule has 0 amide bonds. The summed E-state index contributed by atoms with van der Waals surface area (Å²) in [5, 5.41) is 4.03. The van der Waals surface area contributed by atoms with Crippen molar-refractivity contribution < 1.29 is 18.3 Å². The van der Waals surface area contributed by atoms with Crippen LogP contribution in [0.15, 0.2) is 154 Å². The van der Waals surface area contributed by atoms with E-state index in [4.69, 9.17) is 18.3 Å². The molecule has 11 rings (SSSR count). The standard InChI is InChI=1S/C42H24N2O4/c1-5-19-35-29(13-1)43(30-14-2-6-20-36(30)45-35)33-17-9-11-25-27-23-40-28(24-39(27)47-41(25)33)26-12-10-18-34(42(26)48-40)44-31-15-3-7-21-37(31)46-38-22-8-4-16-32(38)44/h1-24H. The summed E-state index contributed by atoms with van der Waals surface area (Å²) in [6.45, 7) is 0. The monoisotopic (exact) mass is 620 g/mol. The van der Waals surface area contributed by atoms with E-state index >= 15 is 0 Å². The predicted octanol–water partition coefficient (Wildman–Crippen LogP) is 12.6. The van der Waals surface area contributed by atoms with Gasteiger partial charge in [0.25, 0.3) is 0 Å². The van der Waals surface area contributed by atoms with Gasteiger partial charge in [0.15, 0.2) is 34.2 Å². The molecule has 4 heterocycles. The SMILES string of the molecule is c1ccc2c(c1)Oc1ccccc1N2c1cccc2c1oc1cc3c(cc12)oc1c(N2c4ccccc4Oc4ccccc42)cccc13. The minimum atomic E-state index is 0.801. The molecule has 226 valence electrons. The van der Waals surface area contributed by atoms with Crippen molar-refractivity contribution in [3.05, 3.63) is 146 Å². The molecule has 48 heavy (non-hydrogen) atoms. The first-order chi connectivity index (χ1) is 23.8. The van der Waals surface area contributed by atoms with Crippen LogP contribution < -0.4 is 19.3 Å². The second-order valence-electron chi connectivity index (χ2n) is 12.1. The van der Waals surface area contributed by atoms with Crippen LogP contribution in [0.25, 0.3) is 43.9 Å². The molecule has 6 nitrogen and oxygen atoms in total. The summed E-state index contributed by atoms with van der Waals surface area (Å²) < 4.78 is 26.1. The molecule has 2 aliphatic heterocycles. The topological polar surface area (TPSA) is 51.2 Å². The summed E-state index contributed by atoms with van der Waals surface area (Å²) in [5.41, 5.74) is 8.94. The van der Waals surface area contributed by atoms with Gasteiger partial charge in [-0.1, -0.05) is 72.8 Å². The van der Waals surface area contributed by atoms with Gasteiger partial charge in [-0.2, -0.15) is 0 Å². The zero-order valence-electron chi connectivity index (χ0n) is 25.4. The fourth-order valence-electron chi connectivity index (χ4n) is 7.34. The van der Waals surface area contributed by atoms with Gasteiger partial charge in [-0.3, -0.25) is 9.80 Å². The van der Waals surface area contributed by atoms with Crippen LogP contribution in [0.3, 0.4) is 0 Å². The molecular weight excluding hydrogens is 596 g/mol. The Balaban J connectivity index is 1.12. The molecule has 0 radical (unpaired) electrons. The molecule has 0 aliphatic carbocycles. The number of fused-ring (bicyclic) bond motifs is 10. The van der Waals surface area contributed by atoms with Crippen molar-refractivity contribution >= 4 is 78.0 Å². The maximum Gasteiger partial charge on any atom is 0.159 e. The summed E-state index contributed by atoms with van der Waals surface area (Å²) in [7, 11) is 0. The third kappa shape index (κ3) is 3.46. The van der Waals surface area contributed by atoms with Gasteiger partial charge < -0.3 is 18.3 Å². The minimum Gasteiger partial charge on any atom is -0.454 e. The van der Waals surface area contributed by atoms with Crippen molar-refractivity contribution in [2.75, 3.05) is 9.80 Å². The van der Waals surface area contributed by atoms with E-state index in [0.717, 1.165) is 101 Å². The van der Waals surface area contributed by atoms with Crippen molar-refractivity contribution in [2.45, 2.75) is 0 Å². The Morgan fingerprint density at radius 2 is 0.646 bits per heavy atom. The molecule has 0 bridgehead atoms. The van der Waals surface area contributed by atoms with Gasteiger partial charge in [0.05, 0.1) is 34.1 Å². The summed E-state index contributed by atoms with van der Waals surface area (Å²) in [4.78, 5) is 4.45. The van der Waals surface area contributed by atoms with Gasteiger partial charge in [0, 0.05) is 21.5 Å². The minimum absolute atomic E-state index is 0.801. The van der Waals surface area contributed by atoms with Crippen molar-refractivity contribution in [3.63, 3.8) is 0 Å². The molecule has 0 fully saturated rings. The fourth-order valence-corrected chi connectivity index (χ4v) is 7.34.